The maximum Gasteiger partial charge on any atom is 0.329 e. The maximum atomic E-state index is 14.7. The molecule has 0 bridgehead atoms. The minimum atomic E-state index is -0.556. The van der Waals surface area contributed by atoms with Crippen molar-refractivity contribution in [3.63, 3.8) is 0 Å². The average molecular weight is 669 g/mol. The first kappa shape index (κ1) is 32.2. The van der Waals surface area contributed by atoms with E-state index in [1.54, 1.807) is 30.0 Å². The van der Waals surface area contributed by atoms with Gasteiger partial charge in [-0.3, -0.25) is 34.1 Å². The topological polar surface area (TPSA) is 159 Å². The van der Waals surface area contributed by atoms with Crippen molar-refractivity contribution >= 4 is 52.0 Å². The van der Waals surface area contributed by atoms with E-state index in [-0.39, 0.29) is 41.8 Å². The molecule has 6 heterocycles. The Kier molecular flexibility index (Phi) is 8.75. The Morgan fingerprint density at radius 1 is 1.00 bits per heavy atom. The van der Waals surface area contributed by atoms with Crippen LogP contribution in [0.4, 0.5) is 32.5 Å². The first-order chi connectivity index (χ1) is 23.7. The third-order valence-corrected chi connectivity index (χ3v) is 9.62. The van der Waals surface area contributed by atoms with Gasteiger partial charge in [-0.2, -0.15) is 4.98 Å². The van der Waals surface area contributed by atoms with E-state index < -0.39 is 11.8 Å². The van der Waals surface area contributed by atoms with E-state index in [1.165, 1.54) is 11.8 Å². The van der Waals surface area contributed by atoms with Crippen LogP contribution in [0.5, 0.6) is 0 Å². The molecule has 0 spiro atoms. The van der Waals surface area contributed by atoms with Gasteiger partial charge in [-0.25, -0.2) is 24.1 Å². The number of nitrogens with zero attached hydrogens (tertiary/aromatic N) is 8. The van der Waals surface area contributed by atoms with Crippen molar-refractivity contribution in [2.24, 2.45) is 0 Å². The molecule has 2 saturated heterocycles. The molecule has 0 atom stereocenters. The summed E-state index contributed by atoms with van der Waals surface area (Å²) in [5, 5.41) is 6.12. The molecule has 3 fully saturated rings. The Bertz CT molecular complexity index is 2000. The summed E-state index contributed by atoms with van der Waals surface area (Å²) in [6, 6.07) is 4.82. The van der Waals surface area contributed by atoms with Gasteiger partial charge in [-0.05, 0) is 50.5 Å². The lowest BCUT2D eigenvalue weighted by Gasteiger charge is -2.36. The number of carbonyl (C=O) groups is 3. The molecule has 254 valence electrons. The van der Waals surface area contributed by atoms with E-state index in [1.807, 2.05) is 12.1 Å². The number of carbonyl (C=O) groups excluding carboxylic acids is 3. The standard InChI is InChI=1S/C34H37FN10O4/c1-20-25-17-38-33(41-31(25)45(23-5-3-4-6-23)32(48)30(20)21(2)46)39-27-8-7-24(16-36-27)43-13-11-42(12-14-43)19-22-15-28(37-18-26(22)35)44-10-9-29(47)40-34(44)49/h7-8,15-18,23H,3-6,9-14,19H2,1-2H3,(H,40,47,49)(H,36,38,39,41). The fourth-order valence-electron chi connectivity index (χ4n) is 6.99. The Morgan fingerprint density at radius 2 is 1.78 bits per heavy atom. The zero-order valence-electron chi connectivity index (χ0n) is 27.4. The molecular formula is C34H37FN10O4. The van der Waals surface area contributed by atoms with Gasteiger partial charge in [0.2, 0.25) is 11.9 Å². The van der Waals surface area contributed by atoms with Crippen LogP contribution < -0.4 is 26.0 Å². The number of pyridine rings is 3. The number of aromatic nitrogens is 5. The van der Waals surface area contributed by atoms with Gasteiger partial charge in [0.05, 0.1) is 23.6 Å². The van der Waals surface area contributed by atoms with Crippen LogP contribution in [0.2, 0.25) is 0 Å². The zero-order chi connectivity index (χ0) is 34.2. The predicted octanol–water partition coefficient (Wildman–Crippen LogP) is 3.86. The monoisotopic (exact) mass is 668 g/mol. The number of hydrogen-bond donors (Lipinski definition) is 2. The Balaban J connectivity index is 1.01. The lowest BCUT2D eigenvalue weighted by Crippen LogP contribution is -2.50. The summed E-state index contributed by atoms with van der Waals surface area (Å²) in [5.41, 5.74) is 2.39. The highest BCUT2D eigenvalue weighted by Crippen LogP contribution is 2.32. The molecule has 49 heavy (non-hydrogen) atoms. The third-order valence-electron chi connectivity index (χ3n) is 9.62. The highest BCUT2D eigenvalue weighted by molar-refractivity contribution is 6.05. The molecule has 1 saturated carbocycles. The van der Waals surface area contributed by atoms with Gasteiger partial charge >= 0.3 is 6.03 Å². The third kappa shape index (κ3) is 6.45. The number of piperazine rings is 1. The molecule has 2 N–H and O–H groups in total. The van der Waals surface area contributed by atoms with E-state index in [0.717, 1.165) is 37.6 Å². The number of Topliss-reactive ketones (excluding diaryl/α,β-unsaturated/α-hetero) is 1. The Morgan fingerprint density at radius 3 is 2.47 bits per heavy atom. The van der Waals surface area contributed by atoms with Crippen molar-refractivity contribution in [3.05, 3.63) is 69.7 Å². The summed E-state index contributed by atoms with van der Waals surface area (Å²) in [5.74, 6) is 0.127. The van der Waals surface area contributed by atoms with Crippen LogP contribution in [0, 0.1) is 12.7 Å². The smallest absolute Gasteiger partial charge is 0.329 e. The summed E-state index contributed by atoms with van der Waals surface area (Å²) in [6.45, 7) is 6.54. The summed E-state index contributed by atoms with van der Waals surface area (Å²) in [6.07, 6.45) is 8.51. The highest BCUT2D eigenvalue weighted by Gasteiger charge is 2.28. The van der Waals surface area contributed by atoms with Gasteiger partial charge in [0, 0.05) is 68.9 Å². The van der Waals surface area contributed by atoms with Crippen LogP contribution in [0.25, 0.3) is 11.0 Å². The fourth-order valence-corrected chi connectivity index (χ4v) is 6.99. The quantitative estimate of drug-likeness (QED) is 0.263. The van der Waals surface area contributed by atoms with Crippen LogP contribution in [-0.4, -0.2) is 79.8 Å². The molecule has 0 aromatic carbocycles. The lowest BCUT2D eigenvalue weighted by atomic mass is 10.0. The van der Waals surface area contributed by atoms with Crippen LogP contribution in [-0.2, 0) is 11.3 Å². The molecular weight excluding hydrogens is 631 g/mol. The van der Waals surface area contributed by atoms with Crippen molar-refractivity contribution < 1.29 is 18.8 Å². The molecule has 4 aromatic rings. The number of anilines is 4. The molecule has 0 radical (unpaired) electrons. The molecule has 3 amide bonds. The number of urea groups is 1. The van der Waals surface area contributed by atoms with Crippen LogP contribution >= 0.6 is 0 Å². The number of halogens is 1. The zero-order valence-corrected chi connectivity index (χ0v) is 27.4. The Hall–Kier alpha value is -5.31. The Labute approximate surface area is 281 Å². The summed E-state index contributed by atoms with van der Waals surface area (Å²) in [4.78, 5) is 73.3. The molecule has 4 aromatic heterocycles. The number of aryl methyl sites for hydroxylation is 1. The number of ketones is 1. The second kappa shape index (κ2) is 13.3. The van der Waals surface area contributed by atoms with Gasteiger partial charge in [0.15, 0.2) is 5.78 Å². The van der Waals surface area contributed by atoms with E-state index in [0.29, 0.717) is 72.5 Å². The maximum absolute atomic E-state index is 14.7. The van der Waals surface area contributed by atoms with E-state index in [9.17, 15) is 23.6 Å². The van der Waals surface area contributed by atoms with Gasteiger partial charge in [-0.1, -0.05) is 12.8 Å². The lowest BCUT2D eigenvalue weighted by molar-refractivity contribution is -0.120. The average Bonchev–Trinajstić information content (AvgIpc) is 3.61. The highest BCUT2D eigenvalue weighted by atomic mass is 19.1. The summed E-state index contributed by atoms with van der Waals surface area (Å²) < 4.78 is 16.4. The van der Waals surface area contributed by atoms with E-state index in [4.69, 9.17) is 4.98 Å². The minimum Gasteiger partial charge on any atom is -0.368 e. The van der Waals surface area contributed by atoms with Gasteiger partial charge < -0.3 is 10.2 Å². The molecule has 2 aliphatic heterocycles. The molecule has 15 heteroatoms. The van der Waals surface area contributed by atoms with Crippen molar-refractivity contribution in [3.8, 4) is 0 Å². The number of rotatable bonds is 8. The minimum absolute atomic E-state index is 0.00800. The number of hydrogen-bond acceptors (Lipinski definition) is 11. The molecule has 7 rings (SSSR count). The number of imide groups is 1. The van der Waals surface area contributed by atoms with Gasteiger partial charge in [0.25, 0.3) is 5.56 Å². The number of nitrogens with one attached hydrogen (secondary N) is 2. The molecule has 1 aliphatic carbocycles. The SMILES string of the molecule is CC(=O)c1c(C)c2cnc(Nc3ccc(N4CCN(Cc5cc(N6CCC(=O)NC6=O)ncc5F)CC4)cn3)nc2n(C2CCCC2)c1=O. The molecule has 3 aliphatic rings. The molecule has 14 nitrogen and oxygen atoms in total. The van der Waals surface area contributed by atoms with Crippen molar-refractivity contribution in [1.82, 2.24) is 34.7 Å². The second-order valence-corrected chi connectivity index (χ2v) is 12.8. The normalized spacial score (nSPS) is 17.5. The summed E-state index contributed by atoms with van der Waals surface area (Å²) >= 11 is 0. The van der Waals surface area contributed by atoms with Crippen molar-refractivity contribution in [2.75, 3.05) is 47.8 Å². The predicted molar refractivity (Wildman–Crippen MR) is 181 cm³/mol. The van der Waals surface area contributed by atoms with Crippen molar-refractivity contribution in [2.45, 2.75) is 58.5 Å². The number of amides is 3. The van der Waals surface area contributed by atoms with E-state index in [2.05, 4.69) is 35.4 Å². The second-order valence-electron chi connectivity index (χ2n) is 12.8. The largest absolute Gasteiger partial charge is 0.368 e. The summed E-state index contributed by atoms with van der Waals surface area (Å²) in [7, 11) is 0. The molecule has 0 unspecified atom stereocenters. The van der Waals surface area contributed by atoms with Gasteiger partial charge in [-0.15, -0.1) is 0 Å². The van der Waals surface area contributed by atoms with Crippen molar-refractivity contribution in [1.29, 1.82) is 0 Å². The van der Waals surface area contributed by atoms with Crippen LogP contribution in [0.15, 0.2) is 41.6 Å². The van der Waals surface area contributed by atoms with E-state index >= 15 is 0 Å². The van der Waals surface area contributed by atoms with Crippen LogP contribution in [0.3, 0.4) is 0 Å². The fraction of sp³-hybridized carbons (Fsp3) is 0.412. The first-order valence-electron chi connectivity index (χ1n) is 16.5. The van der Waals surface area contributed by atoms with Crippen LogP contribution in [0.1, 0.15) is 66.6 Å². The number of fused-ring (bicyclic) bond motifs is 1. The van der Waals surface area contributed by atoms with Gasteiger partial charge in [0.1, 0.15) is 23.1 Å². The first-order valence-corrected chi connectivity index (χ1v) is 16.5.